The molecule has 0 radical (unpaired) electrons. The predicted octanol–water partition coefficient (Wildman–Crippen LogP) is 1.72. The Balaban J connectivity index is 2.19. The number of rotatable bonds is 6. The van der Waals surface area contributed by atoms with E-state index in [1.165, 1.54) is 5.56 Å². The van der Waals surface area contributed by atoms with Gasteiger partial charge in [0.2, 0.25) is 0 Å². The zero-order valence-electron chi connectivity index (χ0n) is 9.19. The average molecular weight is 225 g/mol. The highest BCUT2D eigenvalue weighted by Crippen LogP contribution is 2.03. The summed E-state index contributed by atoms with van der Waals surface area (Å²) in [5.74, 6) is 1.38. The summed E-state index contributed by atoms with van der Waals surface area (Å²) in [6.07, 6.45) is 1.98. The Hall–Kier alpha value is -0.670. The van der Waals surface area contributed by atoms with E-state index in [1.807, 2.05) is 25.1 Å². The first-order chi connectivity index (χ1) is 7.18. The fourth-order valence-corrected chi connectivity index (χ4v) is 2.68. The zero-order valence-corrected chi connectivity index (χ0v) is 10.0. The maximum atomic E-state index is 11.5. The van der Waals surface area contributed by atoms with E-state index >= 15 is 0 Å². The maximum absolute atomic E-state index is 11.5. The van der Waals surface area contributed by atoms with Crippen molar-refractivity contribution < 1.29 is 4.21 Å². The van der Waals surface area contributed by atoms with Crippen molar-refractivity contribution in [2.45, 2.75) is 25.8 Å². The largest absolute Gasteiger partial charge is 0.327 e. The number of aryl methyl sites for hydroxylation is 1. The first kappa shape index (κ1) is 12.4. The van der Waals surface area contributed by atoms with Gasteiger partial charge in [0.1, 0.15) is 0 Å². The molecule has 1 aromatic rings. The molecule has 0 aliphatic carbocycles. The van der Waals surface area contributed by atoms with E-state index in [0.29, 0.717) is 5.75 Å². The van der Waals surface area contributed by atoms with Crippen LogP contribution >= 0.6 is 0 Å². The summed E-state index contributed by atoms with van der Waals surface area (Å²) in [5.41, 5.74) is 6.90. The Morgan fingerprint density at radius 3 is 2.60 bits per heavy atom. The molecule has 2 unspecified atom stereocenters. The van der Waals surface area contributed by atoms with Gasteiger partial charge in [-0.25, -0.2) is 0 Å². The van der Waals surface area contributed by atoms with Gasteiger partial charge in [0.25, 0.3) is 0 Å². The highest BCUT2D eigenvalue weighted by Gasteiger charge is 2.03. The van der Waals surface area contributed by atoms with Crippen molar-refractivity contribution >= 4 is 10.8 Å². The van der Waals surface area contributed by atoms with Gasteiger partial charge in [-0.3, -0.25) is 4.21 Å². The number of benzene rings is 1. The van der Waals surface area contributed by atoms with Crippen LogP contribution in [0.4, 0.5) is 0 Å². The van der Waals surface area contributed by atoms with Crippen molar-refractivity contribution in [3.63, 3.8) is 0 Å². The second kappa shape index (κ2) is 6.75. The normalized spacial score (nSPS) is 14.8. The highest BCUT2D eigenvalue weighted by molar-refractivity contribution is 7.85. The molecule has 0 aromatic heterocycles. The van der Waals surface area contributed by atoms with Crippen LogP contribution in [0.3, 0.4) is 0 Å². The monoisotopic (exact) mass is 225 g/mol. The Bertz CT molecular complexity index is 298. The summed E-state index contributed by atoms with van der Waals surface area (Å²) in [7, 11) is -0.749. The molecule has 0 bridgehead atoms. The molecular weight excluding hydrogens is 206 g/mol. The number of hydrogen-bond donors (Lipinski definition) is 1. The second-order valence-corrected chi connectivity index (χ2v) is 5.50. The minimum atomic E-state index is -0.749. The van der Waals surface area contributed by atoms with E-state index in [1.54, 1.807) is 0 Å². The second-order valence-electron chi connectivity index (χ2n) is 3.88. The third-order valence-corrected chi connectivity index (χ3v) is 3.77. The minimum absolute atomic E-state index is 0.0440. The molecule has 15 heavy (non-hydrogen) atoms. The SMILES string of the molecule is CC(N)CS(=O)CCCc1ccccc1. The fraction of sp³-hybridized carbons (Fsp3) is 0.500. The Kier molecular flexibility index (Phi) is 5.58. The number of hydrogen-bond acceptors (Lipinski definition) is 2. The quantitative estimate of drug-likeness (QED) is 0.801. The van der Waals surface area contributed by atoms with Crippen LogP contribution < -0.4 is 5.73 Å². The zero-order chi connectivity index (χ0) is 11.1. The van der Waals surface area contributed by atoms with Crippen molar-refractivity contribution in [2.75, 3.05) is 11.5 Å². The third kappa shape index (κ3) is 5.70. The van der Waals surface area contributed by atoms with Crippen LogP contribution in [0.1, 0.15) is 18.9 Å². The summed E-state index contributed by atoms with van der Waals surface area (Å²) >= 11 is 0. The third-order valence-electron chi connectivity index (χ3n) is 2.13. The lowest BCUT2D eigenvalue weighted by atomic mass is 10.1. The Morgan fingerprint density at radius 1 is 1.33 bits per heavy atom. The van der Waals surface area contributed by atoms with Gasteiger partial charge in [0, 0.05) is 28.3 Å². The molecule has 2 nitrogen and oxygen atoms in total. The molecule has 0 fully saturated rings. The first-order valence-corrected chi connectivity index (χ1v) is 6.82. The lowest BCUT2D eigenvalue weighted by Gasteiger charge is -2.05. The highest BCUT2D eigenvalue weighted by atomic mass is 32.2. The van der Waals surface area contributed by atoms with Crippen molar-refractivity contribution in [2.24, 2.45) is 5.73 Å². The average Bonchev–Trinajstić information content (AvgIpc) is 2.18. The van der Waals surface area contributed by atoms with E-state index in [4.69, 9.17) is 5.73 Å². The molecule has 0 aliphatic rings. The Labute approximate surface area is 94.3 Å². The summed E-state index contributed by atoms with van der Waals surface area (Å²) in [5, 5.41) is 0. The minimum Gasteiger partial charge on any atom is -0.327 e. The smallest absolute Gasteiger partial charge is 0.0383 e. The van der Waals surface area contributed by atoms with Crippen molar-refractivity contribution in [3.05, 3.63) is 35.9 Å². The molecule has 3 heteroatoms. The van der Waals surface area contributed by atoms with Crippen molar-refractivity contribution in [3.8, 4) is 0 Å². The summed E-state index contributed by atoms with van der Waals surface area (Å²) in [6, 6.07) is 10.3. The van der Waals surface area contributed by atoms with E-state index in [-0.39, 0.29) is 6.04 Å². The molecule has 1 rings (SSSR count). The molecule has 0 spiro atoms. The standard InChI is InChI=1S/C12H19NOS/c1-11(13)10-15(14)9-5-8-12-6-3-2-4-7-12/h2-4,6-7,11H,5,8-10,13H2,1H3. The molecule has 1 aromatic carbocycles. The molecule has 84 valence electrons. The molecular formula is C12H19NOS. The van der Waals surface area contributed by atoms with Crippen LogP contribution in [0.2, 0.25) is 0 Å². The maximum Gasteiger partial charge on any atom is 0.0383 e. The molecule has 0 saturated heterocycles. The lowest BCUT2D eigenvalue weighted by Crippen LogP contribution is -2.24. The van der Waals surface area contributed by atoms with Gasteiger partial charge in [-0.15, -0.1) is 0 Å². The number of nitrogens with two attached hydrogens (primary N) is 1. The summed E-state index contributed by atoms with van der Waals surface area (Å²) < 4.78 is 11.5. The molecule has 0 heterocycles. The van der Waals surface area contributed by atoms with Crippen LogP contribution in [0.15, 0.2) is 30.3 Å². The summed E-state index contributed by atoms with van der Waals surface area (Å²) in [6.45, 7) is 1.90. The molecule has 0 amide bonds. The van der Waals surface area contributed by atoms with Crippen LogP contribution in [0, 0.1) is 0 Å². The van der Waals surface area contributed by atoms with Gasteiger partial charge in [0.05, 0.1) is 0 Å². The lowest BCUT2D eigenvalue weighted by molar-refractivity contribution is 0.673. The van der Waals surface area contributed by atoms with E-state index in [2.05, 4.69) is 12.1 Å². The summed E-state index contributed by atoms with van der Waals surface area (Å²) in [4.78, 5) is 0. The first-order valence-electron chi connectivity index (χ1n) is 5.33. The van der Waals surface area contributed by atoms with Crippen LogP contribution in [0.25, 0.3) is 0 Å². The molecule has 2 atom stereocenters. The van der Waals surface area contributed by atoms with Crippen LogP contribution in [0.5, 0.6) is 0 Å². The van der Waals surface area contributed by atoms with Crippen molar-refractivity contribution in [1.29, 1.82) is 0 Å². The van der Waals surface area contributed by atoms with Gasteiger partial charge in [-0.2, -0.15) is 0 Å². The Morgan fingerprint density at radius 2 is 2.00 bits per heavy atom. The predicted molar refractivity (Wildman–Crippen MR) is 66.3 cm³/mol. The topological polar surface area (TPSA) is 43.1 Å². The molecule has 0 aliphatic heterocycles. The van der Waals surface area contributed by atoms with Crippen LogP contribution in [-0.4, -0.2) is 21.8 Å². The van der Waals surface area contributed by atoms with Gasteiger partial charge in [-0.1, -0.05) is 30.3 Å². The van der Waals surface area contributed by atoms with E-state index in [9.17, 15) is 4.21 Å². The molecule has 2 N–H and O–H groups in total. The fourth-order valence-electron chi connectivity index (χ4n) is 1.46. The van der Waals surface area contributed by atoms with Gasteiger partial charge in [-0.05, 0) is 25.3 Å². The molecule has 0 saturated carbocycles. The van der Waals surface area contributed by atoms with Crippen molar-refractivity contribution in [1.82, 2.24) is 0 Å². The van der Waals surface area contributed by atoms with Gasteiger partial charge < -0.3 is 5.73 Å². The van der Waals surface area contributed by atoms with Crippen LogP contribution in [-0.2, 0) is 17.2 Å². The van der Waals surface area contributed by atoms with Gasteiger partial charge >= 0.3 is 0 Å². The van der Waals surface area contributed by atoms with E-state index in [0.717, 1.165) is 18.6 Å². The van der Waals surface area contributed by atoms with E-state index < -0.39 is 10.8 Å². The van der Waals surface area contributed by atoms with Gasteiger partial charge in [0.15, 0.2) is 0 Å².